The Hall–Kier alpha value is -1.36. The summed E-state index contributed by atoms with van der Waals surface area (Å²) < 4.78 is 0. The van der Waals surface area contributed by atoms with Crippen molar-refractivity contribution < 1.29 is 0 Å². The summed E-state index contributed by atoms with van der Waals surface area (Å²) >= 11 is 1.84. The molecule has 0 spiro atoms. The summed E-state index contributed by atoms with van der Waals surface area (Å²) in [5.74, 6) is 2.04. The minimum Gasteiger partial charge on any atom is -0.375 e. The monoisotopic (exact) mass is 322 g/mol. The molecule has 0 fully saturated rings. The summed E-state index contributed by atoms with van der Waals surface area (Å²) in [6.45, 7) is 5.90. The largest absolute Gasteiger partial charge is 0.375 e. The van der Waals surface area contributed by atoms with Gasteiger partial charge in [-0.25, -0.2) is 0 Å². The van der Waals surface area contributed by atoms with Crippen LogP contribution in [-0.2, 0) is 0 Å². The van der Waals surface area contributed by atoms with Gasteiger partial charge in [-0.1, -0.05) is 18.2 Å². The smallest absolute Gasteiger partial charge is 0.191 e. The van der Waals surface area contributed by atoms with Crippen LogP contribution in [0.5, 0.6) is 0 Å². The Morgan fingerprint density at radius 3 is 2.64 bits per heavy atom. The second-order valence-electron chi connectivity index (χ2n) is 5.14. The zero-order valence-electron chi connectivity index (χ0n) is 14.1. The lowest BCUT2D eigenvalue weighted by Crippen LogP contribution is -2.38. The molecule has 0 saturated heterocycles. The van der Waals surface area contributed by atoms with E-state index in [4.69, 9.17) is 0 Å². The second kappa shape index (κ2) is 12.2. The highest BCUT2D eigenvalue weighted by Crippen LogP contribution is 2.11. The van der Waals surface area contributed by atoms with Crippen LogP contribution in [0.25, 0.3) is 0 Å². The Kier molecular flexibility index (Phi) is 10.4. The van der Waals surface area contributed by atoms with Crippen LogP contribution < -0.4 is 15.5 Å². The summed E-state index contributed by atoms with van der Waals surface area (Å²) in [5, 5.41) is 6.64. The minimum atomic E-state index is 0.872. The standard InChI is InChI=1S/C17H30N4S/c1-4-18-17(20-13-15-22-3)19-12-8-9-14-21(2)16-10-6-5-7-11-16/h5-7,10-11H,4,8-9,12-15H2,1-3H3,(H2,18,19,20). The lowest BCUT2D eigenvalue weighted by molar-refractivity contribution is 0.721. The molecule has 1 rings (SSSR count). The highest BCUT2D eigenvalue weighted by Gasteiger charge is 1.99. The number of benzene rings is 1. The van der Waals surface area contributed by atoms with E-state index in [1.54, 1.807) is 0 Å². The first kappa shape index (κ1) is 18.7. The van der Waals surface area contributed by atoms with E-state index in [9.17, 15) is 0 Å². The van der Waals surface area contributed by atoms with E-state index in [2.05, 4.69) is 71.1 Å². The molecule has 0 aromatic heterocycles. The van der Waals surface area contributed by atoms with Crippen molar-refractivity contribution in [1.29, 1.82) is 0 Å². The second-order valence-corrected chi connectivity index (χ2v) is 6.13. The maximum Gasteiger partial charge on any atom is 0.191 e. The molecule has 0 aliphatic heterocycles. The van der Waals surface area contributed by atoms with E-state index < -0.39 is 0 Å². The highest BCUT2D eigenvalue weighted by atomic mass is 32.2. The van der Waals surface area contributed by atoms with Gasteiger partial charge in [0.05, 0.1) is 0 Å². The fourth-order valence-corrected chi connectivity index (χ4v) is 2.38. The molecule has 0 bridgehead atoms. The zero-order chi connectivity index (χ0) is 16.0. The van der Waals surface area contributed by atoms with Gasteiger partial charge in [-0.2, -0.15) is 11.8 Å². The molecule has 0 saturated carbocycles. The molecule has 0 heterocycles. The fourth-order valence-electron chi connectivity index (χ4n) is 2.08. The molecule has 2 N–H and O–H groups in total. The molecule has 0 atom stereocenters. The van der Waals surface area contributed by atoms with Gasteiger partial charge in [-0.15, -0.1) is 0 Å². The average molecular weight is 323 g/mol. The van der Waals surface area contributed by atoms with Gasteiger partial charge in [-0.05, 0) is 38.2 Å². The summed E-state index contributed by atoms with van der Waals surface area (Å²) in [6, 6.07) is 10.5. The van der Waals surface area contributed by atoms with Gasteiger partial charge in [0.25, 0.3) is 0 Å². The Labute approximate surface area is 139 Å². The van der Waals surface area contributed by atoms with Gasteiger partial charge >= 0.3 is 0 Å². The van der Waals surface area contributed by atoms with Crippen molar-refractivity contribution in [2.45, 2.75) is 19.8 Å². The number of nitrogens with one attached hydrogen (secondary N) is 2. The fraction of sp³-hybridized carbons (Fsp3) is 0.588. The van der Waals surface area contributed by atoms with Crippen LogP contribution in [0.15, 0.2) is 35.3 Å². The van der Waals surface area contributed by atoms with Crippen molar-refractivity contribution in [3.63, 3.8) is 0 Å². The van der Waals surface area contributed by atoms with Crippen LogP contribution in [-0.4, -0.2) is 51.2 Å². The van der Waals surface area contributed by atoms with Crippen LogP contribution in [0.4, 0.5) is 5.69 Å². The number of aliphatic imine (C=N–C) groups is 1. The molecule has 0 radical (unpaired) electrons. The number of hydrogen-bond acceptors (Lipinski definition) is 3. The summed E-state index contributed by atoms with van der Waals surface area (Å²) in [5.41, 5.74) is 1.28. The van der Waals surface area contributed by atoms with E-state index >= 15 is 0 Å². The van der Waals surface area contributed by atoms with Crippen molar-refractivity contribution in [3.8, 4) is 0 Å². The molecule has 0 amide bonds. The summed E-state index contributed by atoms with van der Waals surface area (Å²) in [4.78, 5) is 6.92. The molecule has 22 heavy (non-hydrogen) atoms. The molecule has 1 aromatic carbocycles. The third-order valence-electron chi connectivity index (χ3n) is 3.31. The molecule has 124 valence electrons. The average Bonchev–Trinajstić information content (AvgIpc) is 2.55. The van der Waals surface area contributed by atoms with E-state index in [-0.39, 0.29) is 0 Å². The number of hydrogen-bond donors (Lipinski definition) is 2. The van der Waals surface area contributed by atoms with E-state index in [1.165, 1.54) is 5.69 Å². The molecule has 0 aliphatic rings. The minimum absolute atomic E-state index is 0.872. The predicted molar refractivity (Wildman–Crippen MR) is 101 cm³/mol. The van der Waals surface area contributed by atoms with Gasteiger partial charge in [0.1, 0.15) is 0 Å². The molecule has 4 nitrogen and oxygen atoms in total. The first-order chi connectivity index (χ1) is 10.8. The Morgan fingerprint density at radius 2 is 1.95 bits per heavy atom. The van der Waals surface area contributed by atoms with Crippen molar-refractivity contribution in [2.24, 2.45) is 4.99 Å². The number of guanidine groups is 1. The maximum absolute atomic E-state index is 4.62. The summed E-state index contributed by atoms with van der Waals surface area (Å²) in [6.07, 6.45) is 4.38. The van der Waals surface area contributed by atoms with Gasteiger partial charge in [0.15, 0.2) is 5.96 Å². The molecular weight excluding hydrogens is 292 g/mol. The predicted octanol–water partition coefficient (Wildman–Crippen LogP) is 2.82. The number of rotatable bonds is 10. The Bertz CT molecular complexity index is 408. The number of unbranched alkanes of at least 4 members (excludes halogenated alkanes) is 1. The lowest BCUT2D eigenvalue weighted by Gasteiger charge is -2.18. The third-order valence-corrected chi connectivity index (χ3v) is 3.92. The maximum atomic E-state index is 4.62. The number of thioether (sulfide) groups is 1. The molecule has 0 aliphatic carbocycles. The van der Waals surface area contributed by atoms with Crippen molar-refractivity contribution in [1.82, 2.24) is 10.6 Å². The third kappa shape index (κ3) is 8.17. The van der Waals surface area contributed by atoms with Gasteiger partial charge in [0, 0.05) is 44.7 Å². The molecule has 5 heteroatoms. The van der Waals surface area contributed by atoms with Gasteiger partial charge in [-0.3, -0.25) is 4.99 Å². The van der Waals surface area contributed by atoms with Crippen LogP contribution in [0.3, 0.4) is 0 Å². The normalized spacial score (nSPS) is 11.3. The first-order valence-corrected chi connectivity index (χ1v) is 9.44. The summed E-state index contributed by atoms with van der Waals surface area (Å²) in [7, 11) is 2.15. The van der Waals surface area contributed by atoms with Crippen LogP contribution in [0.2, 0.25) is 0 Å². The van der Waals surface area contributed by atoms with Crippen molar-refractivity contribution in [3.05, 3.63) is 30.3 Å². The van der Waals surface area contributed by atoms with Crippen LogP contribution in [0, 0.1) is 0 Å². The zero-order valence-corrected chi connectivity index (χ0v) is 15.0. The van der Waals surface area contributed by atoms with Crippen LogP contribution in [0.1, 0.15) is 19.8 Å². The Balaban J connectivity index is 2.22. The van der Waals surface area contributed by atoms with E-state index in [1.807, 2.05) is 11.8 Å². The lowest BCUT2D eigenvalue weighted by atomic mass is 10.2. The highest BCUT2D eigenvalue weighted by molar-refractivity contribution is 7.98. The first-order valence-electron chi connectivity index (χ1n) is 8.05. The number of anilines is 1. The van der Waals surface area contributed by atoms with E-state index in [0.717, 1.165) is 50.7 Å². The van der Waals surface area contributed by atoms with Crippen molar-refractivity contribution in [2.75, 3.05) is 50.1 Å². The quantitative estimate of drug-likeness (QED) is 0.395. The van der Waals surface area contributed by atoms with Crippen molar-refractivity contribution >= 4 is 23.4 Å². The molecule has 0 unspecified atom stereocenters. The van der Waals surface area contributed by atoms with E-state index in [0.29, 0.717) is 0 Å². The SMILES string of the molecule is CCNC(=NCCCCN(C)c1ccccc1)NCCSC. The topological polar surface area (TPSA) is 39.7 Å². The van der Waals surface area contributed by atoms with Gasteiger partial charge < -0.3 is 15.5 Å². The Morgan fingerprint density at radius 1 is 1.18 bits per heavy atom. The number of nitrogens with zero attached hydrogens (tertiary/aromatic N) is 2. The molecule has 1 aromatic rings. The number of para-hydroxylation sites is 1. The molecular formula is C17H30N4S. The van der Waals surface area contributed by atoms with Gasteiger partial charge in [0.2, 0.25) is 0 Å². The van der Waals surface area contributed by atoms with Crippen LogP contribution >= 0.6 is 11.8 Å².